The summed E-state index contributed by atoms with van der Waals surface area (Å²) in [4.78, 5) is 0. The van der Waals surface area contributed by atoms with Crippen LogP contribution in [-0.2, 0) is 0 Å². The lowest BCUT2D eigenvalue weighted by Crippen LogP contribution is -1.50. The summed E-state index contributed by atoms with van der Waals surface area (Å²) >= 11 is 0. The van der Waals surface area contributed by atoms with Crippen molar-refractivity contribution >= 4 is 0 Å². The van der Waals surface area contributed by atoms with Gasteiger partial charge in [-0.3, -0.25) is 0 Å². The Morgan fingerprint density at radius 2 is 2.80 bits per heavy atom. The smallest absolute Gasteiger partial charge is 0.0273 e. The molecule has 0 nitrogen and oxygen atoms in total. The molecule has 0 radical (unpaired) electrons. The van der Waals surface area contributed by atoms with Crippen molar-refractivity contribution in [2.45, 2.75) is 12.8 Å². The van der Waals surface area contributed by atoms with Crippen LogP contribution in [-0.4, -0.2) is 0 Å². The molecule has 0 heteroatoms. The number of allylic oxidation sites excluding steroid dienone is 1. The second-order valence-corrected chi connectivity index (χ2v) is 1.25. The van der Waals surface area contributed by atoms with Crippen molar-refractivity contribution in [3.63, 3.8) is 0 Å². The summed E-state index contributed by atoms with van der Waals surface area (Å²) in [5.41, 5.74) is 0. The summed E-state index contributed by atoms with van der Waals surface area (Å²) in [6.45, 7) is 3.48. The molecule has 0 aromatic heterocycles. The van der Waals surface area contributed by atoms with E-state index in [9.17, 15) is 0 Å². The van der Waals surface area contributed by atoms with Crippen molar-refractivity contribution in [3.8, 4) is 0 Å². The van der Waals surface area contributed by atoms with E-state index in [1.807, 2.05) is 0 Å². The van der Waals surface area contributed by atoms with Gasteiger partial charge in [0.05, 0.1) is 0 Å². The molecule has 1 aliphatic carbocycles. The van der Waals surface area contributed by atoms with Crippen molar-refractivity contribution in [1.29, 1.82) is 0 Å². The largest absolute Gasteiger partial charge is 0.103 e. The highest BCUT2D eigenvalue weighted by atomic mass is 14.2. The molecule has 0 spiro atoms. The molecule has 0 aromatic carbocycles. The van der Waals surface area contributed by atoms with E-state index >= 15 is 0 Å². The molecule has 1 atom stereocenters. The summed E-state index contributed by atoms with van der Waals surface area (Å²) in [6.07, 6.45) is 1.46. The highest BCUT2D eigenvalue weighted by molar-refractivity contribution is 4.88. The minimum Gasteiger partial charge on any atom is -0.103 e. The highest BCUT2D eigenvalue weighted by Gasteiger charge is 2.15. The molecular weight excluding hydrogens is 60.1 g/mol. The van der Waals surface area contributed by atoms with Crippen LogP contribution >= 0.6 is 0 Å². The van der Waals surface area contributed by atoms with Crippen molar-refractivity contribution in [2.75, 3.05) is 0 Å². The molecule has 0 N–H and O–H groups in total. The van der Waals surface area contributed by atoms with Crippen LogP contribution < -0.4 is 0 Å². The minimum absolute atomic E-state index is 0.146. The second-order valence-electron chi connectivity index (χ2n) is 1.25. The molecule has 1 fully saturated rings. The zero-order valence-corrected chi connectivity index (χ0v) is 3.07. The van der Waals surface area contributed by atoms with Crippen LogP contribution in [0, 0.1) is 5.92 Å². The van der Waals surface area contributed by atoms with E-state index in [0.717, 1.165) is 0 Å². The van der Waals surface area contributed by atoms with Gasteiger partial charge in [0.25, 0.3) is 0 Å². The van der Waals surface area contributed by atoms with Gasteiger partial charge in [-0.25, -0.2) is 0 Å². The van der Waals surface area contributed by atoms with E-state index < -0.39 is 6.37 Å². The maximum atomic E-state index is 7.00. The van der Waals surface area contributed by atoms with Gasteiger partial charge in [-0.15, -0.1) is 6.58 Å². The Balaban J connectivity index is 2.44. The first-order valence-corrected chi connectivity index (χ1v) is 1.79. The average molecular weight is 70.1 g/mol. The van der Waals surface area contributed by atoms with Crippen LogP contribution in [0.4, 0.5) is 0 Å². The maximum absolute atomic E-state index is 7.00. The number of rotatable bonds is 1. The van der Waals surface area contributed by atoms with E-state index in [0.29, 0.717) is 6.42 Å². The van der Waals surface area contributed by atoms with Crippen LogP contribution in [0.2, 0.25) is 0 Å². The Morgan fingerprint density at radius 3 is 2.80 bits per heavy atom. The van der Waals surface area contributed by atoms with Crippen LogP contribution in [0.15, 0.2) is 12.7 Å². The van der Waals surface area contributed by atoms with Gasteiger partial charge in [-0.05, 0) is 18.7 Å². The topological polar surface area (TPSA) is 0 Å². The Morgan fingerprint density at radius 1 is 2.20 bits per heavy atom. The van der Waals surface area contributed by atoms with Gasteiger partial charge in [0, 0.05) is 2.74 Å². The average Bonchev–Trinajstić information content (AvgIpc) is 2.13. The Hall–Kier alpha value is -0.260. The summed E-state index contributed by atoms with van der Waals surface area (Å²) in [7, 11) is 0. The van der Waals surface area contributed by atoms with Crippen molar-refractivity contribution in [2.24, 2.45) is 5.92 Å². The SMILES string of the molecule is [2H]C1([2H])CC1C=C. The van der Waals surface area contributed by atoms with Crippen molar-refractivity contribution in [1.82, 2.24) is 0 Å². The van der Waals surface area contributed by atoms with E-state index in [-0.39, 0.29) is 5.92 Å². The lowest BCUT2D eigenvalue weighted by Gasteiger charge is -1.63. The van der Waals surface area contributed by atoms with Crippen LogP contribution in [0.5, 0.6) is 0 Å². The van der Waals surface area contributed by atoms with Gasteiger partial charge >= 0.3 is 0 Å². The number of hydrogen-bond acceptors (Lipinski definition) is 0. The lowest BCUT2D eigenvalue weighted by molar-refractivity contribution is 1.13. The number of hydrogen-bond donors (Lipinski definition) is 0. The molecule has 0 aliphatic heterocycles. The summed E-state index contributed by atoms with van der Waals surface area (Å²) < 4.78 is 14.0. The summed E-state index contributed by atoms with van der Waals surface area (Å²) in [5.74, 6) is 0.146. The van der Waals surface area contributed by atoms with E-state index in [4.69, 9.17) is 2.74 Å². The predicted octanol–water partition coefficient (Wildman–Crippen LogP) is 1.58. The van der Waals surface area contributed by atoms with Crippen molar-refractivity contribution in [3.05, 3.63) is 12.7 Å². The van der Waals surface area contributed by atoms with Gasteiger partial charge in [0.2, 0.25) is 0 Å². The molecular formula is C5H8. The lowest BCUT2D eigenvalue weighted by atomic mass is 10.4. The maximum Gasteiger partial charge on any atom is 0.0273 e. The molecule has 0 saturated heterocycles. The third kappa shape index (κ3) is 0.504. The van der Waals surface area contributed by atoms with Gasteiger partial charge in [0.15, 0.2) is 0 Å². The molecule has 0 aromatic rings. The standard InChI is InChI=1S/C5H8/c1-2-5-3-4-5/h2,5H,1,3-4H2/i3D2. The summed E-state index contributed by atoms with van der Waals surface area (Å²) in [5, 5.41) is 0. The monoisotopic (exact) mass is 70.1 g/mol. The first kappa shape index (κ1) is 1.46. The molecule has 1 unspecified atom stereocenters. The third-order valence-electron chi connectivity index (χ3n) is 0.724. The zero-order chi connectivity index (χ0) is 5.49. The first-order valence-electron chi connectivity index (χ1n) is 2.79. The minimum atomic E-state index is -0.901. The van der Waals surface area contributed by atoms with Gasteiger partial charge in [-0.2, -0.15) is 0 Å². The molecule has 0 bridgehead atoms. The molecule has 5 heavy (non-hydrogen) atoms. The normalized spacial score (nSPS) is 49.2. The van der Waals surface area contributed by atoms with Crippen LogP contribution in [0.25, 0.3) is 0 Å². The van der Waals surface area contributed by atoms with E-state index in [2.05, 4.69) is 6.58 Å². The fraction of sp³-hybridized carbons (Fsp3) is 0.600. The molecule has 28 valence electrons. The Labute approximate surface area is 35.3 Å². The van der Waals surface area contributed by atoms with Gasteiger partial charge in [-0.1, -0.05) is 6.08 Å². The summed E-state index contributed by atoms with van der Waals surface area (Å²) in [6, 6.07) is 0. The first-order chi connectivity index (χ1) is 3.17. The van der Waals surface area contributed by atoms with Gasteiger partial charge < -0.3 is 0 Å². The van der Waals surface area contributed by atoms with Crippen molar-refractivity contribution < 1.29 is 2.74 Å². The third-order valence-corrected chi connectivity index (χ3v) is 0.724. The fourth-order valence-corrected chi connectivity index (χ4v) is 0.235. The quantitative estimate of drug-likeness (QED) is 0.411. The highest BCUT2D eigenvalue weighted by Crippen LogP contribution is 2.28. The zero-order valence-electron chi connectivity index (χ0n) is 5.07. The molecule has 1 rings (SSSR count). The second kappa shape index (κ2) is 0.852. The molecule has 1 aliphatic rings. The van der Waals surface area contributed by atoms with Crippen LogP contribution in [0.1, 0.15) is 15.5 Å². The Kier molecular flexibility index (Phi) is 0.249. The molecule has 1 saturated carbocycles. The van der Waals surface area contributed by atoms with Gasteiger partial charge in [0.1, 0.15) is 0 Å². The van der Waals surface area contributed by atoms with Crippen LogP contribution in [0.3, 0.4) is 0 Å². The fourth-order valence-electron chi connectivity index (χ4n) is 0.235. The predicted molar refractivity (Wildman–Crippen MR) is 22.9 cm³/mol. The molecule has 0 amide bonds. The Bertz CT molecular complexity index is 96.3. The van der Waals surface area contributed by atoms with E-state index in [1.165, 1.54) is 0 Å². The molecule has 0 heterocycles. The van der Waals surface area contributed by atoms with E-state index in [1.54, 1.807) is 6.08 Å².